The smallest absolute Gasteiger partial charge is 0.306 e. The predicted octanol–water partition coefficient (Wildman–Crippen LogP) is 22.4. The minimum absolute atomic E-state index is 0.0993. The number of rotatable bonds is 58. The Hall–Kier alpha value is -4.19. The monoisotopic (exact) mass is 1080 g/mol. The molecule has 0 N–H and O–H groups in total. The van der Waals surface area contributed by atoms with Crippen LogP contribution in [0.25, 0.3) is 0 Å². The van der Waals surface area contributed by atoms with Crippen LogP contribution in [0.1, 0.15) is 297 Å². The van der Waals surface area contributed by atoms with Crippen LogP contribution in [0.2, 0.25) is 0 Å². The number of carbonyl (C=O) groups excluding carboxylic acids is 3. The van der Waals surface area contributed by atoms with Gasteiger partial charge in [-0.05, 0) is 135 Å². The third kappa shape index (κ3) is 62.7. The Morgan fingerprint density at radius 2 is 0.500 bits per heavy atom. The van der Waals surface area contributed by atoms with Crippen molar-refractivity contribution in [2.45, 2.75) is 303 Å². The maximum atomic E-state index is 12.9. The molecule has 6 heteroatoms. The Morgan fingerprint density at radius 3 is 0.821 bits per heavy atom. The molecule has 0 aliphatic carbocycles. The zero-order valence-electron chi connectivity index (χ0n) is 50.9. The van der Waals surface area contributed by atoms with Gasteiger partial charge < -0.3 is 14.2 Å². The van der Waals surface area contributed by atoms with Crippen molar-refractivity contribution in [1.82, 2.24) is 0 Å². The fraction of sp³-hybridized carbons (Fsp3) is 0.681. The molecule has 0 saturated carbocycles. The lowest BCUT2D eigenvalue weighted by Crippen LogP contribution is -2.30. The summed E-state index contributed by atoms with van der Waals surface area (Å²) in [6, 6.07) is 0. The summed E-state index contributed by atoms with van der Waals surface area (Å²) < 4.78 is 16.9. The summed E-state index contributed by atoms with van der Waals surface area (Å²) in [5, 5.41) is 0. The second-order valence-electron chi connectivity index (χ2n) is 21.3. The molecule has 0 saturated heterocycles. The van der Waals surface area contributed by atoms with Crippen molar-refractivity contribution in [1.29, 1.82) is 0 Å². The third-order valence-electron chi connectivity index (χ3n) is 13.7. The van der Waals surface area contributed by atoms with E-state index in [1.807, 2.05) is 0 Å². The van der Waals surface area contributed by atoms with Gasteiger partial charge in [0.25, 0.3) is 0 Å². The predicted molar refractivity (Wildman–Crippen MR) is 339 cm³/mol. The van der Waals surface area contributed by atoms with E-state index in [1.54, 1.807) is 0 Å². The molecular formula is C72H120O6. The van der Waals surface area contributed by atoms with Crippen molar-refractivity contribution in [3.05, 3.63) is 122 Å². The van der Waals surface area contributed by atoms with Crippen LogP contribution in [-0.4, -0.2) is 37.2 Å². The van der Waals surface area contributed by atoms with Crippen molar-refractivity contribution < 1.29 is 28.6 Å². The molecule has 0 heterocycles. The van der Waals surface area contributed by atoms with Gasteiger partial charge in [0, 0.05) is 19.3 Å². The molecule has 0 aliphatic rings. The van der Waals surface area contributed by atoms with Gasteiger partial charge >= 0.3 is 17.9 Å². The quantitative estimate of drug-likeness (QED) is 0.0261. The van der Waals surface area contributed by atoms with E-state index in [0.29, 0.717) is 25.7 Å². The maximum Gasteiger partial charge on any atom is 0.306 e. The summed E-state index contributed by atoms with van der Waals surface area (Å²) in [6.07, 6.45) is 90.6. The van der Waals surface area contributed by atoms with Gasteiger partial charge in [0.2, 0.25) is 0 Å². The van der Waals surface area contributed by atoms with E-state index in [9.17, 15) is 14.4 Å². The molecule has 6 nitrogen and oxygen atoms in total. The Balaban J connectivity index is 4.46. The van der Waals surface area contributed by atoms with E-state index < -0.39 is 6.10 Å². The molecule has 444 valence electrons. The van der Waals surface area contributed by atoms with Crippen LogP contribution in [0, 0.1) is 0 Å². The molecular weight excluding hydrogens is 961 g/mol. The maximum absolute atomic E-state index is 12.9. The van der Waals surface area contributed by atoms with Gasteiger partial charge in [-0.15, -0.1) is 0 Å². The van der Waals surface area contributed by atoms with Crippen molar-refractivity contribution in [2.75, 3.05) is 13.2 Å². The van der Waals surface area contributed by atoms with E-state index in [1.165, 1.54) is 141 Å². The lowest BCUT2D eigenvalue weighted by Gasteiger charge is -2.18. The van der Waals surface area contributed by atoms with Gasteiger partial charge in [0.1, 0.15) is 13.2 Å². The summed E-state index contributed by atoms with van der Waals surface area (Å²) >= 11 is 0. The van der Waals surface area contributed by atoms with Crippen LogP contribution in [0.15, 0.2) is 122 Å². The minimum atomic E-state index is -0.806. The first kappa shape index (κ1) is 73.8. The summed E-state index contributed by atoms with van der Waals surface area (Å²) in [5.74, 6) is -0.951. The van der Waals surface area contributed by atoms with Crippen LogP contribution in [0.3, 0.4) is 0 Å². The average molecular weight is 1080 g/mol. The van der Waals surface area contributed by atoms with E-state index in [2.05, 4.69) is 142 Å². The number of carbonyl (C=O) groups is 3. The number of hydrogen-bond donors (Lipinski definition) is 0. The molecule has 0 fully saturated rings. The highest BCUT2D eigenvalue weighted by atomic mass is 16.6. The summed E-state index contributed by atoms with van der Waals surface area (Å²) in [6.45, 7) is 6.49. The average Bonchev–Trinajstić information content (AvgIpc) is 3.44. The highest BCUT2D eigenvalue weighted by Crippen LogP contribution is 2.15. The van der Waals surface area contributed by atoms with Crippen LogP contribution < -0.4 is 0 Å². The topological polar surface area (TPSA) is 78.9 Å². The lowest BCUT2D eigenvalue weighted by molar-refractivity contribution is -0.167. The normalized spacial score (nSPS) is 12.9. The highest BCUT2D eigenvalue weighted by Gasteiger charge is 2.19. The first-order valence-corrected chi connectivity index (χ1v) is 32.5. The second-order valence-corrected chi connectivity index (χ2v) is 21.3. The zero-order valence-corrected chi connectivity index (χ0v) is 50.9. The molecule has 78 heavy (non-hydrogen) atoms. The molecule has 0 amide bonds. The van der Waals surface area contributed by atoms with Crippen molar-refractivity contribution in [3.63, 3.8) is 0 Å². The van der Waals surface area contributed by atoms with Crippen LogP contribution in [0.5, 0.6) is 0 Å². The van der Waals surface area contributed by atoms with Gasteiger partial charge in [-0.3, -0.25) is 14.4 Å². The van der Waals surface area contributed by atoms with Gasteiger partial charge in [0.05, 0.1) is 0 Å². The highest BCUT2D eigenvalue weighted by molar-refractivity contribution is 5.71. The van der Waals surface area contributed by atoms with E-state index in [-0.39, 0.29) is 31.1 Å². The number of ether oxygens (including phenoxy) is 3. The molecule has 1 atom stereocenters. The molecule has 1 unspecified atom stereocenters. The largest absolute Gasteiger partial charge is 0.462 e. The summed E-state index contributed by atoms with van der Waals surface area (Å²) in [5.41, 5.74) is 0. The lowest BCUT2D eigenvalue weighted by atomic mass is 10.1. The molecule has 0 spiro atoms. The number of allylic oxidation sites excluding steroid dienone is 20. The van der Waals surface area contributed by atoms with E-state index >= 15 is 0 Å². The number of hydrogen-bond acceptors (Lipinski definition) is 6. The zero-order chi connectivity index (χ0) is 56.4. The fourth-order valence-electron chi connectivity index (χ4n) is 8.80. The van der Waals surface area contributed by atoms with Crippen molar-refractivity contribution >= 4 is 17.9 Å². The van der Waals surface area contributed by atoms with Gasteiger partial charge in [-0.1, -0.05) is 264 Å². The molecule has 0 aromatic carbocycles. The van der Waals surface area contributed by atoms with E-state index in [4.69, 9.17) is 14.2 Å². The Labute approximate surface area is 482 Å². The Bertz CT molecular complexity index is 1620. The third-order valence-corrected chi connectivity index (χ3v) is 13.7. The number of esters is 3. The molecule has 0 aliphatic heterocycles. The first-order chi connectivity index (χ1) is 38.5. The van der Waals surface area contributed by atoms with Crippen molar-refractivity contribution in [3.8, 4) is 0 Å². The minimum Gasteiger partial charge on any atom is -0.462 e. The van der Waals surface area contributed by atoms with Gasteiger partial charge in [0.15, 0.2) is 6.10 Å². The molecule has 0 aromatic heterocycles. The van der Waals surface area contributed by atoms with Crippen LogP contribution in [-0.2, 0) is 28.6 Å². The second kappa shape index (κ2) is 65.3. The van der Waals surface area contributed by atoms with Gasteiger partial charge in [-0.25, -0.2) is 0 Å². The standard InChI is InChI=1S/C72H120O6/c1-4-7-10-13-16-19-22-25-28-31-32-33-34-35-36-37-38-39-40-42-44-47-50-53-56-59-62-65-71(74)77-68-69(67-76-70(73)64-61-58-55-52-49-46-43-30-27-24-21-18-15-12-9-6-3)78-72(75)66-63-60-57-54-51-48-45-41-29-26-23-20-17-14-11-8-5-2/h7,10,16,19,25-26,28-30,32-33,35-36,38-39,42-44,50,53,69H,4-6,8-9,11-15,17-18,20-24,27,31,34,37,40-41,45-49,51-52,54-68H2,1-3H3/b10-7-,19-16-,28-25-,29-26-,33-32-,36-35-,39-38-,43-30-,44-42-,53-50-. The SMILES string of the molecule is CC/C=C\C/C=C\C/C=C\C/C=C\C/C=C\C/C=C\C/C=C\C/C=C\CCCCC(=O)OCC(COC(=O)CCCCCCC/C=C\CCCCCCCCC)OC(=O)CCCCCCCCC/C=C\CCCCCCCC. The first-order valence-electron chi connectivity index (χ1n) is 32.5. The molecule has 0 rings (SSSR count). The number of unbranched alkanes of at least 4 members (excludes halogenated alkanes) is 27. The molecule has 0 radical (unpaired) electrons. The summed E-state index contributed by atoms with van der Waals surface area (Å²) in [7, 11) is 0. The van der Waals surface area contributed by atoms with Crippen molar-refractivity contribution in [2.24, 2.45) is 0 Å². The molecule has 0 bridgehead atoms. The fourth-order valence-corrected chi connectivity index (χ4v) is 8.80. The Morgan fingerprint density at radius 1 is 0.269 bits per heavy atom. The Kier molecular flexibility index (Phi) is 61.8. The molecule has 0 aromatic rings. The van der Waals surface area contributed by atoms with E-state index in [0.717, 1.165) is 109 Å². The van der Waals surface area contributed by atoms with Crippen LogP contribution >= 0.6 is 0 Å². The van der Waals surface area contributed by atoms with Crippen LogP contribution in [0.4, 0.5) is 0 Å². The summed E-state index contributed by atoms with van der Waals surface area (Å²) in [4.78, 5) is 38.3. The van der Waals surface area contributed by atoms with Gasteiger partial charge in [-0.2, -0.15) is 0 Å².